The summed E-state index contributed by atoms with van der Waals surface area (Å²) >= 11 is 0. The van der Waals surface area contributed by atoms with Gasteiger partial charge in [0.15, 0.2) is 0 Å². The molecule has 0 aliphatic rings. The van der Waals surface area contributed by atoms with Crippen molar-refractivity contribution < 1.29 is 9.90 Å². The van der Waals surface area contributed by atoms with Crippen LogP contribution in [0.3, 0.4) is 0 Å². The lowest BCUT2D eigenvalue weighted by molar-refractivity contribution is -0.117. The lowest BCUT2D eigenvalue weighted by atomic mass is 10.1. The number of aryl methyl sites for hydroxylation is 2. The zero-order valence-electron chi connectivity index (χ0n) is 13.8. The van der Waals surface area contributed by atoms with Gasteiger partial charge in [0, 0.05) is 23.1 Å². The number of rotatable bonds is 6. The van der Waals surface area contributed by atoms with E-state index in [2.05, 4.69) is 23.6 Å². The zero-order valence-corrected chi connectivity index (χ0v) is 13.8. The average Bonchev–Trinajstić information content (AvgIpc) is 2.85. The van der Waals surface area contributed by atoms with Crippen molar-refractivity contribution in [1.29, 1.82) is 0 Å². The number of nitrogens with two attached hydrogens (primary N) is 1. The summed E-state index contributed by atoms with van der Waals surface area (Å²) in [6, 6.07) is 15.7. The lowest BCUT2D eigenvalue weighted by Gasteiger charge is -2.11. The molecule has 3 rings (SSSR count). The number of aromatic hydroxyl groups is 1. The Morgan fingerprint density at radius 2 is 1.92 bits per heavy atom. The van der Waals surface area contributed by atoms with Crippen LogP contribution in [0.4, 0.5) is 0 Å². The molecule has 2 aromatic carbocycles. The molecule has 0 saturated heterocycles. The second-order valence-electron chi connectivity index (χ2n) is 6.01. The summed E-state index contributed by atoms with van der Waals surface area (Å²) in [5, 5.41) is 10.8. The minimum Gasteiger partial charge on any atom is -0.508 e. The molecule has 1 amide bonds. The van der Waals surface area contributed by atoms with Crippen molar-refractivity contribution in [2.75, 3.05) is 0 Å². The van der Waals surface area contributed by atoms with E-state index in [1.54, 1.807) is 12.1 Å². The molecular formula is C20H22N2O2. The molecule has 0 radical (unpaired) electrons. The van der Waals surface area contributed by atoms with Gasteiger partial charge in [0.2, 0.25) is 5.91 Å². The molecule has 0 saturated carbocycles. The first-order chi connectivity index (χ1) is 11.6. The number of primary amides is 1. The van der Waals surface area contributed by atoms with Crippen LogP contribution in [-0.2, 0) is 30.6 Å². The highest BCUT2D eigenvalue weighted by Crippen LogP contribution is 2.30. The molecule has 24 heavy (non-hydrogen) atoms. The SMILES string of the molecule is CCc1c(CC(N)=O)c2cc(O)ccc2n1CCc1ccccc1. The van der Waals surface area contributed by atoms with E-state index in [4.69, 9.17) is 5.73 Å². The summed E-state index contributed by atoms with van der Waals surface area (Å²) in [5.74, 6) is -0.147. The third kappa shape index (κ3) is 3.13. The van der Waals surface area contributed by atoms with E-state index < -0.39 is 0 Å². The Hall–Kier alpha value is -2.75. The van der Waals surface area contributed by atoms with Gasteiger partial charge < -0.3 is 15.4 Å². The summed E-state index contributed by atoms with van der Waals surface area (Å²) in [5.41, 5.74) is 9.80. The standard InChI is InChI=1S/C20H22N2O2/c1-2-18-17(13-20(21)24)16-12-15(23)8-9-19(16)22(18)11-10-14-6-4-3-5-7-14/h3-9,12,23H,2,10-11,13H2,1H3,(H2,21,24). The molecule has 0 bridgehead atoms. The van der Waals surface area contributed by atoms with Crippen LogP contribution < -0.4 is 5.73 Å². The van der Waals surface area contributed by atoms with Crippen LogP contribution in [0.2, 0.25) is 0 Å². The number of carbonyl (C=O) groups excluding carboxylic acids is 1. The molecule has 0 unspecified atom stereocenters. The maximum atomic E-state index is 11.5. The molecule has 0 atom stereocenters. The number of amides is 1. The highest BCUT2D eigenvalue weighted by atomic mass is 16.3. The second kappa shape index (κ2) is 6.79. The van der Waals surface area contributed by atoms with Crippen molar-refractivity contribution in [1.82, 2.24) is 4.57 Å². The van der Waals surface area contributed by atoms with Gasteiger partial charge in [-0.2, -0.15) is 0 Å². The quantitative estimate of drug-likeness (QED) is 0.732. The van der Waals surface area contributed by atoms with Crippen LogP contribution in [0, 0.1) is 0 Å². The predicted octanol–water partition coefficient (Wildman–Crippen LogP) is 3.18. The number of benzene rings is 2. The Kier molecular flexibility index (Phi) is 4.56. The van der Waals surface area contributed by atoms with Gasteiger partial charge in [0.1, 0.15) is 5.75 Å². The third-order valence-corrected chi connectivity index (χ3v) is 4.42. The van der Waals surface area contributed by atoms with Gasteiger partial charge in [-0.05, 0) is 42.2 Å². The van der Waals surface area contributed by atoms with Gasteiger partial charge in [-0.1, -0.05) is 37.3 Å². The van der Waals surface area contributed by atoms with E-state index in [1.165, 1.54) is 5.56 Å². The lowest BCUT2D eigenvalue weighted by Crippen LogP contribution is -2.15. The van der Waals surface area contributed by atoms with E-state index in [-0.39, 0.29) is 18.1 Å². The van der Waals surface area contributed by atoms with Gasteiger partial charge in [0.05, 0.1) is 6.42 Å². The Morgan fingerprint density at radius 3 is 2.58 bits per heavy atom. The minimum atomic E-state index is -0.352. The number of aromatic nitrogens is 1. The minimum absolute atomic E-state index is 0.196. The number of hydrogen-bond donors (Lipinski definition) is 2. The molecule has 3 N–H and O–H groups in total. The first kappa shape index (κ1) is 16.1. The second-order valence-corrected chi connectivity index (χ2v) is 6.01. The van der Waals surface area contributed by atoms with Gasteiger partial charge in [0.25, 0.3) is 0 Å². The summed E-state index contributed by atoms with van der Waals surface area (Å²) < 4.78 is 2.25. The third-order valence-electron chi connectivity index (χ3n) is 4.42. The number of phenolic OH excluding ortho intramolecular Hbond substituents is 1. The molecule has 0 spiro atoms. The summed E-state index contributed by atoms with van der Waals surface area (Å²) in [6.07, 6.45) is 1.92. The predicted molar refractivity (Wildman–Crippen MR) is 96.0 cm³/mol. The summed E-state index contributed by atoms with van der Waals surface area (Å²) in [6.45, 7) is 2.91. The largest absolute Gasteiger partial charge is 0.508 e. The molecule has 1 heterocycles. The fourth-order valence-electron chi connectivity index (χ4n) is 3.38. The van der Waals surface area contributed by atoms with Crippen LogP contribution in [-0.4, -0.2) is 15.6 Å². The molecule has 1 aromatic heterocycles. The van der Waals surface area contributed by atoms with Crippen LogP contribution in [0.5, 0.6) is 5.75 Å². The van der Waals surface area contributed by atoms with E-state index in [0.29, 0.717) is 0 Å². The van der Waals surface area contributed by atoms with Crippen molar-refractivity contribution in [3.63, 3.8) is 0 Å². The van der Waals surface area contributed by atoms with Gasteiger partial charge >= 0.3 is 0 Å². The highest BCUT2D eigenvalue weighted by molar-refractivity contribution is 5.91. The number of hydrogen-bond acceptors (Lipinski definition) is 2. The fourth-order valence-corrected chi connectivity index (χ4v) is 3.38. The molecule has 124 valence electrons. The summed E-state index contributed by atoms with van der Waals surface area (Å²) in [7, 11) is 0. The Bertz CT molecular complexity index is 866. The van der Waals surface area contributed by atoms with Crippen LogP contribution in [0.25, 0.3) is 10.9 Å². The number of fused-ring (bicyclic) bond motifs is 1. The topological polar surface area (TPSA) is 68.2 Å². The monoisotopic (exact) mass is 322 g/mol. The maximum absolute atomic E-state index is 11.5. The average molecular weight is 322 g/mol. The van der Waals surface area contributed by atoms with Crippen LogP contribution in [0.1, 0.15) is 23.7 Å². The first-order valence-corrected chi connectivity index (χ1v) is 8.25. The van der Waals surface area contributed by atoms with Crippen LogP contribution in [0.15, 0.2) is 48.5 Å². The van der Waals surface area contributed by atoms with Crippen molar-refractivity contribution in [3.05, 3.63) is 65.4 Å². The summed E-state index contributed by atoms with van der Waals surface area (Å²) in [4.78, 5) is 11.5. The molecule has 0 aliphatic heterocycles. The molecule has 0 fully saturated rings. The van der Waals surface area contributed by atoms with Gasteiger partial charge in [-0.25, -0.2) is 0 Å². The fraction of sp³-hybridized carbons (Fsp3) is 0.250. The van der Waals surface area contributed by atoms with Gasteiger partial charge in [-0.3, -0.25) is 4.79 Å². The number of carbonyl (C=O) groups is 1. The highest BCUT2D eigenvalue weighted by Gasteiger charge is 2.17. The normalized spacial score (nSPS) is 11.0. The maximum Gasteiger partial charge on any atom is 0.221 e. The number of nitrogens with zero attached hydrogens (tertiary/aromatic N) is 1. The van der Waals surface area contributed by atoms with Crippen molar-refractivity contribution in [2.24, 2.45) is 5.73 Å². The first-order valence-electron chi connectivity index (χ1n) is 8.25. The van der Waals surface area contributed by atoms with E-state index >= 15 is 0 Å². The molecular weight excluding hydrogens is 300 g/mol. The zero-order chi connectivity index (χ0) is 17.1. The van der Waals surface area contributed by atoms with Crippen molar-refractivity contribution in [2.45, 2.75) is 32.7 Å². The van der Waals surface area contributed by atoms with E-state index in [9.17, 15) is 9.90 Å². The smallest absolute Gasteiger partial charge is 0.221 e. The Balaban J connectivity index is 2.06. The molecule has 4 nitrogen and oxygen atoms in total. The van der Waals surface area contributed by atoms with Gasteiger partial charge in [-0.15, -0.1) is 0 Å². The van der Waals surface area contributed by atoms with E-state index in [1.807, 2.05) is 24.3 Å². The molecule has 3 aromatic rings. The van der Waals surface area contributed by atoms with Crippen molar-refractivity contribution >= 4 is 16.8 Å². The van der Waals surface area contributed by atoms with E-state index in [0.717, 1.165) is 41.5 Å². The van der Waals surface area contributed by atoms with Crippen LogP contribution >= 0.6 is 0 Å². The Morgan fingerprint density at radius 1 is 1.17 bits per heavy atom. The van der Waals surface area contributed by atoms with Crippen molar-refractivity contribution in [3.8, 4) is 5.75 Å². The Labute approximate surface area is 141 Å². The molecule has 4 heteroatoms. The molecule has 0 aliphatic carbocycles. The number of phenols is 1.